The van der Waals surface area contributed by atoms with E-state index in [0.717, 1.165) is 16.5 Å². The molecule has 1 nitrogen and oxygen atoms in total. The molecule has 3 heteroatoms. The zero-order valence-electron chi connectivity index (χ0n) is 8.56. The summed E-state index contributed by atoms with van der Waals surface area (Å²) >= 11 is 1.65. The number of rotatable bonds is 3. The number of aliphatic hydroxyl groups excluding tert-OH is 1. The molecule has 0 saturated carbocycles. The standard InChI is InChI=1S/C13H11FOS/c14-12(7-8-15)10-3-5-11(6-4-10)13-2-1-9-16-13/h1-7,9,15H,8H2/b12-7+. The van der Waals surface area contributed by atoms with Crippen LogP contribution in [0.15, 0.2) is 47.9 Å². The minimum atomic E-state index is -0.389. The summed E-state index contributed by atoms with van der Waals surface area (Å²) in [6.07, 6.45) is 1.15. The van der Waals surface area contributed by atoms with Crippen LogP contribution in [0.1, 0.15) is 5.56 Å². The number of benzene rings is 1. The molecule has 1 N–H and O–H groups in total. The summed E-state index contributed by atoms with van der Waals surface area (Å²) in [5.74, 6) is -0.389. The van der Waals surface area contributed by atoms with Crippen LogP contribution in [0.2, 0.25) is 0 Å². The fraction of sp³-hybridized carbons (Fsp3) is 0.0769. The number of thiophene rings is 1. The maximum Gasteiger partial charge on any atom is 0.128 e. The van der Waals surface area contributed by atoms with Crippen molar-refractivity contribution in [3.8, 4) is 10.4 Å². The predicted octanol–water partition coefficient (Wildman–Crippen LogP) is 3.72. The highest BCUT2D eigenvalue weighted by atomic mass is 32.1. The Morgan fingerprint density at radius 3 is 2.56 bits per heavy atom. The Balaban J connectivity index is 2.26. The third-order valence-corrected chi connectivity index (χ3v) is 3.16. The lowest BCUT2D eigenvalue weighted by Crippen LogP contribution is -1.81. The van der Waals surface area contributed by atoms with Gasteiger partial charge in [-0.1, -0.05) is 30.3 Å². The van der Waals surface area contributed by atoms with E-state index in [1.807, 2.05) is 29.6 Å². The zero-order valence-corrected chi connectivity index (χ0v) is 9.38. The average Bonchev–Trinajstić information content (AvgIpc) is 2.83. The molecule has 1 aromatic heterocycles. The summed E-state index contributed by atoms with van der Waals surface area (Å²) in [6, 6.07) is 11.2. The summed E-state index contributed by atoms with van der Waals surface area (Å²) < 4.78 is 13.3. The first-order valence-corrected chi connectivity index (χ1v) is 5.80. The highest BCUT2D eigenvalue weighted by Gasteiger charge is 2.01. The average molecular weight is 234 g/mol. The first kappa shape index (κ1) is 11.0. The third-order valence-electron chi connectivity index (χ3n) is 2.24. The molecule has 0 aliphatic heterocycles. The fourth-order valence-corrected chi connectivity index (χ4v) is 2.17. The first-order chi connectivity index (χ1) is 7.81. The van der Waals surface area contributed by atoms with Gasteiger partial charge in [-0.25, -0.2) is 4.39 Å². The minimum Gasteiger partial charge on any atom is -0.392 e. The second-order valence-electron chi connectivity index (χ2n) is 3.29. The lowest BCUT2D eigenvalue weighted by atomic mass is 10.1. The quantitative estimate of drug-likeness (QED) is 0.858. The SMILES string of the molecule is OC/C=C(/F)c1ccc(-c2cccs2)cc1. The molecule has 0 radical (unpaired) electrons. The second kappa shape index (κ2) is 5.05. The molecular weight excluding hydrogens is 223 g/mol. The van der Waals surface area contributed by atoms with Crippen LogP contribution in [0.4, 0.5) is 4.39 Å². The Kier molecular flexibility index (Phi) is 3.49. The molecular formula is C13H11FOS. The van der Waals surface area contributed by atoms with Crippen molar-refractivity contribution in [2.45, 2.75) is 0 Å². The molecule has 0 saturated heterocycles. The van der Waals surface area contributed by atoms with Crippen LogP contribution < -0.4 is 0 Å². The van der Waals surface area contributed by atoms with Gasteiger partial charge in [0.2, 0.25) is 0 Å². The van der Waals surface area contributed by atoms with Crippen molar-refractivity contribution in [2.24, 2.45) is 0 Å². The van der Waals surface area contributed by atoms with Gasteiger partial charge in [0.1, 0.15) is 5.83 Å². The molecule has 1 aromatic carbocycles. The van der Waals surface area contributed by atoms with Gasteiger partial charge >= 0.3 is 0 Å². The molecule has 2 rings (SSSR count). The molecule has 16 heavy (non-hydrogen) atoms. The molecule has 0 fully saturated rings. The highest BCUT2D eigenvalue weighted by Crippen LogP contribution is 2.26. The van der Waals surface area contributed by atoms with Crippen LogP contribution in [0.5, 0.6) is 0 Å². The largest absolute Gasteiger partial charge is 0.392 e. The number of halogens is 1. The molecule has 0 aliphatic carbocycles. The van der Waals surface area contributed by atoms with Gasteiger partial charge in [0.25, 0.3) is 0 Å². The molecule has 0 aliphatic rings. The van der Waals surface area contributed by atoms with Crippen LogP contribution in [-0.4, -0.2) is 11.7 Å². The molecule has 0 bridgehead atoms. The zero-order chi connectivity index (χ0) is 11.4. The van der Waals surface area contributed by atoms with Crippen molar-refractivity contribution in [3.05, 3.63) is 53.4 Å². The Bertz CT molecular complexity index is 471. The Morgan fingerprint density at radius 2 is 2.00 bits per heavy atom. The van der Waals surface area contributed by atoms with Gasteiger partial charge in [-0.05, 0) is 23.1 Å². The van der Waals surface area contributed by atoms with E-state index in [0.29, 0.717) is 5.56 Å². The van der Waals surface area contributed by atoms with E-state index in [2.05, 4.69) is 0 Å². The summed E-state index contributed by atoms with van der Waals surface area (Å²) in [6.45, 7) is -0.279. The van der Waals surface area contributed by atoms with Crippen LogP contribution >= 0.6 is 11.3 Å². The molecule has 82 valence electrons. The van der Waals surface area contributed by atoms with Crippen molar-refractivity contribution in [2.75, 3.05) is 6.61 Å². The number of hydrogen-bond acceptors (Lipinski definition) is 2. The number of aliphatic hydroxyl groups is 1. The number of hydrogen-bond donors (Lipinski definition) is 1. The van der Waals surface area contributed by atoms with Gasteiger partial charge in [-0.3, -0.25) is 0 Å². The minimum absolute atomic E-state index is 0.279. The van der Waals surface area contributed by atoms with E-state index in [1.165, 1.54) is 0 Å². The lowest BCUT2D eigenvalue weighted by Gasteiger charge is -2.00. The molecule has 0 unspecified atom stereocenters. The summed E-state index contributed by atoms with van der Waals surface area (Å²) in [5.41, 5.74) is 1.57. The summed E-state index contributed by atoms with van der Waals surface area (Å²) in [4.78, 5) is 1.16. The molecule has 0 atom stereocenters. The molecule has 0 amide bonds. The normalized spacial score (nSPS) is 11.8. The lowest BCUT2D eigenvalue weighted by molar-refractivity contribution is 0.342. The predicted molar refractivity (Wildman–Crippen MR) is 65.9 cm³/mol. The van der Waals surface area contributed by atoms with E-state index >= 15 is 0 Å². The van der Waals surface area contributed by atoms with Crippen molar-refractivity contribution < 1.29 is 9.50 Å². The van der Waals surface area contributed by atoms with Crippen LogP contribution in [0.3, 0.4) is 0 Å². The van der Waals surface area contributed by atoms with E-state index in [9.17, 15) is 4.39 Å². The Hall–Kier alpha value is -1.45. The maximum atomic E-state index is 13.3. The molecule has 1 heterocycles. The van der Waals surface area contributed by atoms with Gasteiger partial charge in [-0.15, -0.1) is 11.3 Å². The van der Waals surface area contributed by atoms with E-state index in [-0.39, 0.29) is 12.4 Å². The summed E-state index contributed by atoms with van der Waals surface area (Å²) in [7, 11) is 0. The Morgan fingerprint density at radius 1 is 1.25 bits per heavy atom. The van der Waals surface area contributed by atoms with Crippen molar-refractivity contribution in [1.82, 2.24) is 0 Å². The van der Waals surface area contributed by atoms with Gasteiger partial charge in [-0.2, -0.15) is 0 Å². The van der Waals surface area contributed by atoms with Gasteiger partial charge in [0.15, 0.2) is 0 Å². The Labute approximate surface area is 97.5 Å². The first-order valence-electron chi connectivity index (χ1n) is 4.92. The highest BCUT2D eigenvalue weighted by molar-refractivity contribution is 7.13. The van der Waals surface area contributed by atoms with Crippen molar-refractivity contribution in [3.63, 3.8) is 0 Å². The smallest absolute Gasteiger partial charge is 0.128 e. The van der Waals surface area contributed by atoms with E-state index in [1.54, 1.807) is 23.5 Å². The summed E-state index contributed by atoms with van der Waals surface area (Å²) in [5, 5.41) is 10.6. The van der Waals surface area contributed by atoms with Gasteiger partial charge < -0.3 is 5.11 Å². The second-order valence-corrected chi connectivity index (χ2v) is 4.24. The van der Waals surface area contributed by atoms with Crippen LogP contribution in [0.25, 0.3) is 16.3 Å². The van der Waals surface area contributed by atoms with Gasteiger partial charge in [0, 0.05) is 10.4 Å². The van der Waals surface area contributed by atoms with E-state index in [4.69, 9.17) is 5.11 Å². The molecule has 0 spiro atoms. The maximum absolute atomic E-state index is 13.3. The topological polar surface area (TPSA) is 20.2 Å². The van der Waals surface area contributed by atoms with Crippen LogP contribution in [0, 0.1) is 0 Å². The van der Waals surface area contributed by atoms with Crippen molar-refractivity contribution >= 4 is 17.2 Å². The third kappa shape index (κ3) is 2.38. The monoisotopic (exact) mass is 234 g/mol. The van der Waals surface area contributed by atoms with E-state index < -0.39 is 0 Å². The van der Waals surface area contributed by atoms with Crippen molar-refractivity contribution in [1.29, 1.82) is 0 Å². The van der Waals surface area contributed by atoms with Gasteiger partial charge in [0.05, 0.1) is 6.61 Å². The molecule has 2 aromatic rings. The fourth-order valence-electron chi connectivity index (χ4n) is 1.43. The van der Waals surface area contributed by atoms with Crippen LogP contribution in [-0.2, 0) is 0 Å².